The van der Waals surface area contributed by atoms with Gasteiger partial charge in [0.2, 0.25) is 0 Å². The summed E-state index contributed by atoms with van der Waals surface area (Å²) in [7, 11) is -2.80. The van der Waals surface area contributed by atoms with Gasteiger partial charge in [-0.2, -0.15) is 0 Å². The molecule has 0 bridgehead atoms. The molecule has 94 valence electrons. The highest BCUT2D eigenvalue weighted by atomic mass is 79.9. The predicted octanol–water partition coefficient (Wildman–Crippen LogP) is 2.30. The number of hydrogen-bond acceptors (Lipinski definition) is 3. The zero-order valence-corrected chi connectivity index (χ0v) is 12.4. The SMILES string of the molecule is Cc1cc(N2CCS(=O)(=O)CC2)cc(C)c1Br. The number of rotatable bonds is 1. The van der Waals surface area contributed by atoms with Crippen molar-refractivity contribution >= 4 is 31.5 Å². The third kappa shape index (κ3) is 2.83. The van der Waals surface area contributed by atoms with Crippen LogP contribution in [0, 0.1) is 13.8 Å². The highest BCUT2D eigenvalue weighted by Gasteiger charge is 2.22. The maximum absolute atomic E-state index is 11.4. The first-order valence-electron chi connectivity index (χ1n) is 5.61. The fourth-order valence-corrected chi connectivity index (χ4v) is 3.51. The Labute approximate surface area is 111 Å². The lowest BCUT2D eigenvalue weighted by molar-refractivity contribution is 0.587. The fraction of sp³-hybridized carbons (Fsp3) is 0.500. The largest absolute Gasteiger partial charge is 0.369 e. The van der Waals surface area contributed by atoms with Crippen LogP contribution >= 0.6 is 15.9 Å². The molecule has 5 heteroatoms. The van der Waals surface area contributed by atoms with Crippen LogP contribution in [-0.4, -0.2) is 33.0 Å². The molecule has 1 aromatic carbocycles. The van der Waals surface area contributed by atoms with Crippen molar-refractivity contribution in [3.63, 3.8) is 0 Å². The lowest BCUT2D eigenvalue weighted by atomic mass is 10.1. The van der Waals surface area contributed by atoms with Gasteiger partial charge < -0.3 is 4.90 Å². The zero-order chi connectivity index (χ0) is 12.6. The van der Waals surface area contributed by atoms with Crippen molar-refractivity contribution < 1.29 is 8.42 Å². The Bertz CT molecular complexity index is 502. The summed E-state index contributed by atoms with van der Waals surface area (Å²) in [6.45, 7) is 5.31. The second-order valence-corrected chi connectivity index (χ2v) is 7.63. The summed E-state index contributed by atoms with van der Waals surface area (Å²) in [4.78, 5) is 2.15. The Hall–Kier alpha value is -0.550. The maximum atomic E-state index is 11.4. The van der Waals surface area contributed by atoms with Gasteiger partial charge in [0.15, 0.2) is 9.84 Å². The van der Waals surface area contributed by atoms with Gasteiger partial charge in [-0.25, -0.2) is 8.42 Å². The highest BCUT2D eigenvalue weighted by molar-refractivity contribution is 9.10. The molecule has 2 rings (SSSR count). The van der Waals surface area contributed by atoms with Gasteiger partial charge in [0, 0.05) is 23.2 Å². The Morgan fingerprint density at radius 2 is 1.59 bits per heavy atom. The number of hydrogen-bond donors (Lipinski definition) is 0. The quantitative estimate of drug-likeness (QED) is 0.797. The standard InChI is InChI=1S/C12H16BrNO2S/c1-9-7-11(8-10(2)12(9)13)14-3-5-17(15,16)6-4-14/h7-8H,3-6H2,1-2H3. The molecule has 0 aromatic heterocycles. The average molecular weight is 318 g/mol. The summed E-state index contributed by atoms with van der Waals surface area (Å²) in [6, 6.07) is 4.21. The van der Waals surface area contributed by atoms with Gasteiger partial charge in [-0.3, -0.25) is 0 Å². The summed E-state index contributed by atoms with van der Waals surface area (Å²) in [5.74, 6) is 0.530. The van der Waals surface area contributed by atoms with Crippen molar-refractivity contribution in [2.45, 2.75) is 13.8 Å². The van der Waals surface area contributed by atoms with Gasteiger partial charge in [-0.15, -0.1) is 0 Å². The van der Waals surface area contributed by atoms with Gasteiger partial charge in [-0.1, -0.05) is 15.9 Å². The van der Waals surface area contributed by atoms with E-state index in [-0.39, 0.29) is 11.5 Å². The van der Waals surface area contributed by atoms with Crippen LogP contribution in [-0.2, 0) is 9.84 Å². The monoisotopic (exact) mass is 317 g/mol. The number of anilines is 1. The number of sulfone groups is 1. The minimum Gasteiger partial charge on any atom is -0.369 e. The molecule has 1 saturated heterocycles. The number of halogens is 1. The predicted molar refractivity (Wildman–Crippen MR) is 74.5 cm³/mol. The third-order valence-electron chi connectivity index (χ3n) is 3.13. The van der Waals surface area contributed by atoms with Crippen LogP contribution < -0.4 is 4.90 Å². The molecule has 17 heavy (non-hydrogen) atoms. The van der Waals surface area contributed by atoms with Crippen LogP contribution in [0.25, 0.3) is 0 Å². The summed E-state index contributed by atoms with van der Waals surface area (Å²) in [5.41, 5.74) is 3.50. The zero-order valence-electron chi connectivity index (χ0n) is 10.0. The molecule has 0 radical (unpaired) electrons. The molecule has 0 N–H and O–H groups in total. The smallest absolute Gasteiger partial charge is 0.153 e. The number of benzene rings is 1. The van der Waals surface area contributed by atoms with Crippen LogP contribution in [0.15, 0.2) is 16.6 Å². The Morgan fingerprint density at radius 3 is 2.06 bits per heavy atom. The minimum atomic E-state index is -2.80. The Kier molecular flexibility index (Phi) is 3.50. The van der Waals surface area contributed by atoms with E-state index in [2.05, 4.69) is 46.8 Å². The van der Waals surface area contributed by atoms with E-state index in [1.165, 1.54) is 11.1 Å². The van der Waals surface area contributed by atoms with E-state index in [0.717, 1.165) is 10.2 Å². The van der Waals surface area contributed by atoms with Crippen molar-refractivity contribution in [3.05, 3.63) is 27.7 Å². The van der Waals surface area contributed by atoms with Crippen molar-refractivity contribution in [2.75, 3.05) is 29.5 Å². The lowest BCUT2D eigenvalue weighted by Gasteiger charge is -2.29. The molecular formula is C12H16BrNO2S. The minimum absolute atomic E-state index is 0.265. The molecule has 0 spiro atoms. The van der Waals surface area contributed by atoms with Crippen molar-refractivity contribution in [3.8, 4) is 0 Å². The molecule has 0 unspecified atom stereocenters. The molecule has 1 aliphatic rings. The second kappa shape index (κ2) is 4.61. The lowest BCUT2D eigenvalue weighted by Crippen LogP contribution is -2.40. The first-order chi connectivity index (χ1) is 7.89. The molecule has 0 saturated carbocycles. The third-order valence-corrected chi connectivity index (χ3v) is 5.99. The fourth-order valence-electron chi connectivity index (χ4n) is 2.08. The summed E-state index contributed by atoms with van der Waals surface area (Å²) < 4.78 is 23.9. The topological polar surface area (TPSA) is 37.4 Å². The number of nitrogens with zero attached hydrogens (tertiary/aromatic N) is 1. The molecule has 1 fully saturated rings. The first kappa shape index (κ1) is 12.9. The van der Waals surface area contributed by atoms with E-state index < -0.39 is 9.84 Å². The van der Waals surface area contributed by atoms with E-state index in [1.54, 1.807) is 0 Å². The van der Waals surface area contributed by atoms with E-state index in [0.29, 0.717) is 13.1 Å². The van der Waals surface area contributed by atoms with Crippen LogP contribution in [0.5, 0.6) is 0 Å². The molecule has 0 amide bonds. The molecule has 1 aromatic rings. The second-order valence-electron chi connectivity index (χ2n) is 4.53. The van der Waals surface area contributed by atoms with Crippen molar-refractivity contribution in [1.82, 2.24) is 0 Å². The van der Waals surface area contributed by atoms with Gasteiger partial charge in [0.1, 0.15) is 0 Å². The summed E-state index contributed by atoms with van der Waals surface area (Å²) in [5, 5.41) is 0. The van der Waals surface area contributed by atoms with Crippen molar-refractivity contribution in [2.24, 2.45) is 0 Å². The Balaban J connectivity index is 2.25. The highest BCUT2D eigenvalue weighted by Crippen LogP contribution is 2.27. The first-order valence-corrected chi connectivity index (χ1v) is 8.22. The van der Waals surface area contributed by atoms with E-state index in [9.17, 15) is 8.42 Å². The normalized spacial score (nSPS) is 19.4. The molecule has 0 atom stereocenters. The van der Waals surface area contributed by atoms with Gasteiger partial charge in [-0.05, 0) is 37.1 Å². The molecule has 1 aliphatic heterocycles. The molecule has 1 heterocycles. The number of aryl methyl sites for hydroxylation is 2. The molecule has 3 nitrogen and oxygen atoms in total. The average Bonchev–Trinajstić information content (AvgIpc) is 2.25. The van der Waals surface area contributed by atoms with Gasteiger partial charge >= 0.3 is 0 Å². The maximum Gasteiger partial charge on any atom is 0.153 e. The van der Waals surface area contributed by atoms with E-state index in [4.69, 9.17) is 0 Å². The van der Waals surface area contributed by atoms with Gasteiger partial charge in [0.25, 0.3) is 0 Å². The van der Waals surface area contributed by atoms with Crippen LogP contribution in [0.3, 0.4) is 0 Å². The van der Waals surface area contributed by atoms with Gasteiger partial charge in [0.05, 0.1) is 11.5 Å². The van der Waals surface area contributed by atoms with Crippen molar-refractivity contribution in [1.29, 1.82) is 0 Å². The van der Waals surface area contributed by atoms with Crippen LogP contribution in [0.1, 0.15) is 11.1 Å². The molecule has 0 aliphatic carbocycles. The van der Waals surface area contributed by atoms with E-state index >= 15 is 0 Å². The summed E-state index contributed by atoms with van der Waals surface area (Å²) >= 11 is 3.54. The summed E-state index contributed by atoms with van der Waals surface area (Å²) in [6.07, 6.45) is 0. The Morgan fingerprint density at radius 1 is 1.12 bits per heavy atom. The van der Waals surface area contributed by atoms with Crippen LogP contribution in [0.2, 0.25) is 0 Å². The van der Waals surface area contributed by atoms with E-state index in [1.807, 2.05) is 0 Å². The molecular weight excluding hydrogens is 302 g/mol. The van der Waals surface area contributed by atoms with Crippen LogP contribution in [0.4, 0.5) is 5.69 Å².